The molecule has 0 saturated heterocycles. The molecule has 0 atom stereocenters. The molecule has 0 fully saturated rings. The van der Waals surface area contributed by atoms with E-state index in [1.165, 1.54) is 0 Å². The molecule has 0 radical (unpaired) electrons. The molecule has 1 rings (SSSR count). The second kappa shape index (κ2) is 3.51. The van der Waals surface area contributed by atoms with Gasteiger partial charge >= 0.3 is 0 Å². The van der Waals surface area contributed by atoms with Gasteiger partial charge in [-0.05, 0) is 21.9 Å². The van der Waals surface area contributed by atoms with E-state index < -0.39 is 0 Å². The predicted molar refractivity (Wildman–Crippen MR) is 44.6 cm³/mol. The van der Waals surface area contributed by atoms with Gasteiger partial charge in [-0.1, -0.05) is 11.1 Å². The standard InChI is InChI=1S/C6H7BrN4/c1-11-5(3-2-4-8)6(7)9-10-11/h4,8H2,1H3. The minimum Gasteiger partial charge on any atom is -0.320 e. The highest BCUT2D eigenvalue weighted by Crippen LogP contribution is 2.09. The third kappa shape index (κ3) is 1.79. The quantitative estimate of drug-likeness (QED) is 0.614. The molecule has 0 aliphatic carbocycles. The Balaban J connectivity index is 3.01. The molecule has 0 saturated carbocycles. The Bertz CT molecular complexity index is 287. The maximum Gasteiger partial charge on any atom is 0.164 e. The first kappa shape index (κ1) is 8.24. The zero-order chi connectivity index (χ0) is 8.27. The molecule has 1 aromatic heterocycles. The summed E-state index contributed by atoms with van der Waals surface area (Å²) in [5, 5.41) is 7.50. The molecular weight excluding hydrogens is 208 g/mol. The van der Waals surface area contributed by atoms with Crippen molar-refractivity contribution in [1.29, 1.82) is 0 Å². The minimum atomic E-state index is 0.345. The largest absolute Gasteiger partial charge is 0.320 e. The number of hydrogen-bond donors (Lipinski definition) is 1. The summed E-state index contributed by atoms with van der Waals surface area (Å²) >= 11 is 3.21. The Morgan fingerprint density at radius 2 is 2.45 bits per heavy atom. The second-order valence-electron chi connectivity index (χ2n) is 1.86. The third-order valence-corrected chi connectivity index (χ3v) is 1.63. The van der Waals surface area contributed by atoms with Crippen molar-refractivity contribution in [2.45, 2.75) is 0 Å². The first-order valence-electron chi connectivity index (χ1n) is 3.00. The average molecular weight is 215 g/mol. The highest BCUT2D eigenvalue weighted by Gasteiger charge is 2.02. The van der Waals surface area contributed by atoms with Gasteiger partial charge in [-0.2, -0.15) is 0 Å². The zero-order valence-electron chi connectivity index (χ0n) is 6.00. The fraction of sp³-hybridized carbons (Fsp3) is 0.333. The molecule has 0 aliphatic rings. The van der Waals surface area contributed by atoms with Crippen LogP contribution in [0.25, 0.3) is 0 Å². The lowest BCUT2D eigenvalue weighted by atomic mass is 10.4. The van der Waals surface area contributed by atoms with E-state index in [4.69, 9.17) is 5.73 Å². The van der Waals surface area contributed by atoms with E-state index in [1.807, 2.05) is 0 Å². The number of nitrogens with two attached hydrogens (primary N) is 1. The molecule has 0 amide bonds. The normalized spacial score (nSPS) is 9.00. The van der Waals surface area contributed by atoms with Gasteiger partial charge in [0.1, 0.15) is 5.69 Å². The molecule has 0 aliphatic heterocycles. The highest BCUT2D eigenvalue weighted by molar-refractivity contribution is 9.10. The van der Waals surface area contributed by atoms with Crippen LogP contribution in [0.5, 0.6) is 0 Å². The third-order valence-electron chi connectivity index (χ3n) is 1.09. The number of halogens is 1. The molecule has 5 heteroatoms. The van der Waals surface area contributed by atoms with Gasteiger partial charge in [-0.25, -0.2) is 4.68 Å². The van der Waals surface area contributed by atoms with Crippen LogP contribution in [-0.4, -0.2) is 21.5 Å². The van der Waals surface area contributed by atoms with Gasteiger partial charge in [0, 0.05) is 7.05 Å². The van der Waals surface area contributed by atoms with Gasteiger partial charge < -0.3 is 5.73 Å². The van der Waals surface area contributed by atoms with E-state index >= 15 is 0 Å². The Morgan fingerprint density at radius 1 is 1.73 bits per heavy atom. The monoisotopic (exact) mass is 214 g/mol. The topological polar surface area (TPSA) is 56.7 Å². The number of rotatable bonds is 0. The fourth-order valence-electron chi connectivity index (χ4n) is 0.599. The van der Waals surface area contributed by atoms with Crippen LogP contribution in [0.1, 0.15) is 5.69 Å². The number of aryl methyl sites for hydroxylation is 1. The van der Waals surface area contributed by atoms with E-state index in [-0.39, 0.29) is 0 Å². The van der Waals surface area contributed by atoms with Gasteiger partial charge in [0.25, 0.3) is 0 Å². The lowest BCUT2D eigenvalue weighted by Gasteiger charge is -1.87. The van der Waals surface area contributed by atoms with Crippen molar-refractivity contribution < 1.29 is 0 Å². The van der Waals surface area contributed by atoms with Gasteiger partial charge in [0.15, 0.2) is 4.60 Å². The van der Waals surface area contributed by atoms with Gasteiger partial charge in [-0.15, -0.1) is 5.10 Å². The van der Waals surface area contributed by atoms with Crippen LogP contribution in [0.3, 0.4) is 0 Å². The van der Waals surface area contributed by atoms with E-state index in [1.54, 1.807) is 11.7 Å². The van der Waals surface area contributed by atoms with Crippen LogP contribution in [-0.2, 0) is 7.05 Å². The van der Waals surface area contributed by atoms with Crippen molar-refractivity contribution in [3.63, 3.8) is 0 Å². The molecule has 2 N–H and O–H groups in total. The van der Waals surface area contributed by atoms with Crippen LogP contribution in [0.15, 0.2) is 4.60 Å². The fourth-order valence-corrected chi connectivity index (χ4v) is 1.03. The van der Waals surface area contributed by atoms with Crippen molar-refractivity contribution in [2.75, 3.05) is 6.54 Å². The predicted octanol–water partition coefficient (Wildman–Crippen LogP) is -0.112. The molecule has 0 aromatic carbocycles. The summed E-state index contributed by atoms with van der Waals surface area (Å²) in [6.45, 7) is 0.345. The highest BCUT2D eigenvalue weighted by atomic mass is 79.9. The SMILES string of the molecule is Cn1nnc(Br)c1C#CCN. The molecule has 58 valence electrons. The maximum atomic E-state index is 5.21. The Hall–Kier alpha value is -0.860. The molecule has 0 spiro atoms. The maximum absolute atomic E-state index is 5.21. The van der Waals surface area contributed by atoms with Crippen LogP contribution in [0.4, 0.5) is 0 Å². The minimum absolute atomic E-state index is 0.345. The van der Waals surface area contributed by atoms with Gasteiger partial charge in [-0.3, -0.25) is 0 Å². The Labute approximate surface area is 72.9 Å². The van der Waals surface area contributed by atoms with Crippen molar-refractivity contribution in [3.8, 4) is 11.8 Å². The number of aromatic nitrogens is 3. The van der Waals surface area contributed by atoms with Crippen molar-refractivity contribution in [3.05, 3.63) is 10.3 Å². The van der Waals surface area contributed by atoms with Crippen LogP contribution >= 0.6 is 15.9 Å². The molecule has 0 unspecified atom stereocenters. The van der Waals surface area contributed by atoms with Crippen LogP contribution in [0, 0.1) is 11.8 Å². The molecule has 1 aromatic rings. The zero-order valence-corrected chi connectivity index (χ0v) is 7.59. The number of nitrogens with zero attached hydrogens (tertiary/aromatic N) is 3. The summed E-state index contributed by atoms with van der Waals surface area (Å²) in [4.78, 5) is 0. The summed E-state index contributed by atoms with van der Waals surface area (Å²) in [5.74, 6) is 5.56. The lowest BCUT2D eigenvalue weighted by molar-refractivity contribution is 0.708. The summed E-state index contributed by atoms with van der Waals surface area (Å²) < 4.78 is 2.24. The van der Waals surface area contributed by atoms with E-state index in [9.17, 15) is 0 Å². The average Bonchev–Trinajstić information content (AvgIpc) is 2.29. The smallest absolute Gasteiger partial charge is 0.164 e. The van der Waals surface area contributed by atoms with E-state index in [0.717, 1.165) is 5.69 Å². The van der Waals surface area contributed by atoms with Gasteiger partial charge in [0.2, 0.25) is 0 Å². The first-order chi connectivity index (χ1) is 5.25. The summed E-state index contributed by atoms with van der Waals surface area (Å²) in [6, 6.07) is 0. The van der Waals surface area contributed by atoms with E-state index in [2.05, 4.69) is 38.1 Å². The molecule has 1 heterocycles. The molecule has 0 bridgehead atoms. The van der Waals surface area contributed by atoms with Crippen LogP contribution < -0.4 is 5.73 Å². The first-order valence-corrected chi connectivity index (χ1v) is 3.79. The van der Waals surface area contributed by atoms with Crippen molar-refractivity contribution in [1.82, 2.24) is 15.0 Å². The summed E-state index contributed by atoms with van der Waals surface area (Å²) in [6.07, 6.45) is 0. The molecule has 11 heavy (non-hydrogen) atoms. The Morgan fingerprint density at radius 3 is 2.91 bits per heavy atom. The second-order valence-corrected chi connectivity index (χ2v) is 2.61. The van der Waals surface area contributed by atoms with Crippen molar-refractivity contribution >= 4 is 15.9 Å². The van der Waals surface area contributed by atoms with Gasteiger partial charge in [0.05, 0.1) is 6.54 Å². The Kier molecular flexibility index (Phi) is 2.63. The summed E-state index contributed by atoms with van der Waals surface area (Å²) in [7, 11) is 1.78. The molecular formula is C6H7BrN4. The molecule has 4 nitrogen and oxygen atoms in total. The number of hydrogen-bond acceptors (Lipinski definition) is 3. The lowest BCUT2D eigenvalue weighted by Crippen LogP contribution is -1.96. The van der Waals surface area contributed by atoms with E-state index in [0.29, 0.717) is 11.1 Å². The van der Waals surface area contributed by atoms with Crippen LogP contribution in [0.2, 0.25) is 0 Å². The van der Waals surface area contributed by atoms with Crippen molar-refractivity contribution in [2.24, 2.45) is 12.8 Å². The summed E-state index contributed by atoms with van der Waals surface area (Å²) in [5.41, 5.74) is 5.95.